The number of allylic oxidation sites excluding steroid dienone is 2. The van der Waals surface area contributed by atoms with E-state index in [-0.39, 0.29) is 22.9 Å². The lowest BCUT2D eigenvalue weighted by atomic mass is 10.0. The molecular formula is C31H36N6O5S4Si. The Labute approximate surface area is 290 Å². The monoisotopic (exact) mass is 728 g/mol. The Morgan fingerprint density at radius 3 is 2.47 bits per heavy atom. The van der Waals surface area contributed by atoms with Gasteiger partial charge in [-0.25, -0.2) is 29.5 Å². The summed E-state index contributed by atoms with van der Waals surface area (Å²) in [6, 6.07) is -0.317. The number of alkyl carbamates (subject to hydrolysis) is 1. The summed E-state index contributed by atoms with van der Waals surface area (Å²) in [5, 5.41) is 17.4. The molecule has 1 saturated heterocycles. The second-order valence-corrected chi connectivity index (χ2v) is 20.9. The van der Waals surface area contributed by atoms with E-state index >= 15 is 0 Å². The van der Waals surface area contributed by atoms with Crippen LogP contribution in [-0.2, 0) is 20.5 Å². The predicted molar refractivity (Wildman–Crippen MR) is 190 cm³/mol. The molecule has 0 saturated carbocycles. The van der Waals surface area contributed by atoms with Gasteiger partial charge in [0, 0.05) is 27.1 Å². The largest absolute Gasteiger partial charge is 0.461 e. The summed E-state index contributed by atoms with van der Waals surface area (Å²) in [6.07, 6.45) is 1.96. The van der Waals surface area contributed by atoms with Crippen molar-refractivity contribution in [2.24, 2.45) is 0 Å². The van der Waals surface area contributed by atoms with Gasteiger partial charge in [-0.05, 0) is 38.4 Å². The number of amides is 1. The standard InChI is InChI=1S/C31H36N6O5S4Si/c1-8-40-29(38)22-15-45-27(36-22)21-14-44-26(35-21)19-10-9-18(25-32-17(12-43-25)11-41-47(6,7)31(3,4)5)24(33-19)20-13-46-28(34-20)23-16(2)42-30(39)37-23/h10,12-16,23,33H,8-9,11H2,1-7H3,(H,37,39)/t16-,23+/m1/s1. The van der Waals surface area contributed by atoms with Gasteiger partial charge in [0.1, 0.15) is 37.9 Å². The molecule has 0 unspecified atom stereocenters. The zero-order valence-electron chi connectivity index (χ0n) is 27.1. The lowest BCUT2D eigenvalue weighted by molar-refractivity contribution is 0.0520. The summed E-state index contributed by atoms with van der Waals surface area (Å²) in [4.78, 5) is 43.3. The van der Waals surface area contributed by atoms with Crippen molar-refractivity contribution in [2.75, 3.05) is 6.61 Å². The molecule has 0 spiro atoms. The predicted octanol–water partition coefficient (Wildman–Crippen LogP) is 7.95. The van der Waals surface area contributed by atoms with Crippen molar-refractivity contribution in [3.63, 3.8) is 0 Å². The molecule has 6 rings (SSSR count). The van der Waals surface area contributed by atoms with E-state index in [1.54, 1.807) is 23.6 Å². The van der Waals surface area contributed by atoms with Crippen molar-refractivity contribution in [3.8, 4) is 10.7 Å². The molecule has 1 fully saturated rings. The summed E-state index contributed by atoms with van der Waals surface area (Å²) >= 11 is 5.92. The molecule has 2 aliphatic rings. The Morgan fingerprint density at radius 2 is 1.74 bits per heavy atom. The van der Waals surface area contributed by atoms with E-state index in [1.807, 2.05) is 17.7 Å². The number of carbonyl (C=O) groups is 2. The highest BCUT2D eigenvalue weighted by molar-refractivity contribution is 7.14. The molecule has 0 aromatic carbocycles. The number of carbonyl (C=O) groups excluding carboxylic acids is 2. The lowest BCUT2D eigenvalue weighted by Gasteiger charge is -2.35. The number of aromatic nitrogens is 4. The number of hydrogen-bond acceptors (Lipinski definition) is 14. The first-order valence-corrected chi connectivity index (χ1v) is 21.6. The molecule has 0 bridgehead atoms. The lowest BCUT2D eigenvalue weighted by Crippen LogP contribution is -2.40. The van der Waals surface area contributed by atoms with E-state index in [0.29, 0.717) is 30.3 Å². The van der Waals surface area contributed by atoms with Crippen molar-refractivity contribution in [2.45, 2.75) is 77.9 Å². The van der Waals surface area contributed by atoms with Crippen LogP contribution in [0.2, 0.25) is 18.1 Å². The summed E-state index contributed by atoms with van der Waals surface area (Å²) in [7, 11) is -1.93. The van der Waals surface area contributed by atoms with Gasteiger partial charge in [0.15, 0.2) is 14.0 Å². The molecule has 2 atom stereocenters. The number of hydrogen-bond donors (Lipinski definition) is 2. The van der Waals surface area contributed by atoms with Crippen LogP contribution in [0.3, 0.4) is 0 Å². The second kappa shape index (κ2) is 13.3. The van der Waals surface area contributed by atoms with Crippen LogP contribution in [0.5, 0.6) is 0 Å². The first-order valence-electron chi connectivity index (χ1n) is 15.1. The van der Waals surface area contributed by atoms with Crippen LogP contribution in [0.15, 0.2) is 27.6 Å². The first kappa shape index (κ1) is 33.6. The molecule has 2 aliphatic heterocycles. The minimum atomic E-state index is -1.93. The topological polar surface area (TPSA) is 137 Å². The van der Waals surface area contributed by atoms with E-state index in [9.17, 15) is 9.59 Å². The van der Waals surface area contributed by atoms with Gasteiger partial charge in [0.05, 0.1) is 36.0 Å². The maximum Gasteiger partial charge on any atom is 0.408 e. The van der Waals surface area contributed by atoms with E-state index in [2.05, 4.69) is 60.9 Å². The molecule has 47 heavy (non-hydrogen) atoms. The van der Waals surface area contributed by atoms with Crippen LogP contribution in [0.4, 0.5) is 4.79 Å². The third-order valence-corrected chi connectivity index (χ3v) is 16.4. The molecule has 0 radical (unpaired) electrons. The van der Waals surface area contributed by atoms with Crippen molar-refractivity contribution in [3.05, 3.63) is 59.7 Å². The Balaban J connectivity index is 1.28. The summed E-state index contributed by atoms with van der Waals surface area (Å²) in [5.41, 5.74) is 5.34. The van der Waals surface area contributed by atoms with E-state index in [4.69, 9.17) is 28.9 Å². The fourth-order valence-electron chi connectivity index (χ4n) is 4.61. The molecule has 4 aromatic rings. The Hall–Kier alpha value is -3.28. The number of ether oxygens (including phenoxy) is 2. The zero-order chi connectivity index (χ0) is 33.5. The van der Waals surface area contributed by atoms with Crippen LogP contribution >= 0.6 is 45.3 Å². The maximum absolute atomic E-state index is 12.1. The van der Waals surface area contributed by atoms with Crippen LogP contribution in [0.1, 0.15) is 84.0 Å². The number of nitrogens with zero attached hydrogens (tertiary/aromatic N) is 4. The van der Waals surface area contributed by atoms with Crippen LogP contribution in [-0.4, -0.2) is 53.0 Å². The second-order valence-electron chi connectivity index (χ2n) is 12.6. The molecule has 1 amide bonds. The first-order chi connectivity index (χ1) is 22.3. The summed E-state index contributed by atoms with van der Waals surface area (Å²) < 4.78 is 16.9. The smallest absolute Gasteiger partial charge is 0.408 e. The van der Waals surface area contributed by atoms with Gasteiger partial charge in [0.2, 0.25) is 0 Å². The molecule has 6 heterocycles. The Morgan fingerprint density at radius 1 is 1.00 bits per heavy atom. The molecule has 2 N–H and O–H groups in total. The Kier molecular flexibility index (Phi) is 9.52. The average Bonchev–Trinajstić information content (AvgIpc) is 3.86. The van der Waals surface area contributed by atoms with Crippen molar-refractivity contribution in [1.82, 2.24) is 30.6 Å². The number of dihydropyridines is 1. The number of rotatable bonds is 10. The molecule has 11 nitrogen and oxygen atoms in total. The van der Waals surface area contributed by atoms with Gasteiger partial charge in [-0.15, -0.1) is 45.3 Å². The van der Waals surface area contributed by atoms with Gasteiger partial charge in [0.25, 0.3) is 0 Å². The van der Waals surface area contributed by atoms with Gasteiger partial charge in [-0.1, -0.05) is 26.8 Å². The van der Waals surface area contributed by atoms with Crippen LogP contribution in [0, 0.1) is 0 Å². The quantitative estimate of drug-likeness (QED) is 0.122. The molecule has 248 valence electrons. The normalized spacial score (nSPS) is 18.5. The Bertz CT molecular complexity index is 1870. The van der Waals surface area contributed by atoms with Crippen molar-refractivity contribution >= 4 is 82.7 Å². The highest BCUT2D eigenvalue weighted by Gasteiger charge is 2.37. The molecule has 4 aromatic heterocycles. The van der Waals surface area contributed by atoms with Crippen molar-refractivity contribution < 1.29 is 23.5 Å². The van der Waals surface area contributed by atoms with Gasteiger partial charge < -0.3 is 24.5 Å². The van der Waals surface area contributed by atoms with Crippen LogP contribution < -0.4 is 10.6 Å². The van der Waals surface area contributed by atoms with Crippen LogP contribution in [0.25, 0.3) is 27.7 Å². The number of nitrogens with one attached hydrogen (secondary N) is 2. The van der Waals surface area contributed by atoms with Gasteiger partial charge in [-0.3, -0.25) is 0 Å². The highest BCUT2D eigenvalue weighted by Crippen LogP contribution is 2.40. The molecular weight excluding hydrogens is 693 g/mol. The van der Waals surface area contributed by atoms with Gasteiger partial charge in [-0.2, -0.15) is 0 Å². The SMILES string of the molecule is CCOC(=O)c1csc(-c2csc(C3=CCC(c4nc(CO[Si](C)(C)C(C)(C)C)cs4)=C(c4csc([C@H]5NC(=O)O[C@@H]5C)n4)N3)n2)n1. The third kappa shape index (κ3) is 7.12. The van der Waals surface area contributed by atoms with E-state index in [0.717, 1.165) is 43.4 Å². The average molecular weight is 729 g/mol. The fraction of sp³-hybridized carbons (Fsp3) is 0.419. The minimum Gasteiger partial charge on any atom is -0.461 e. The number of cyclic esters (lactones) is 1. The third-order valence-electron chi connectivity index (χ3n) is 8.29. The summed E-state index contributed by atoms with van der Waals surface area (Å²) in [5.74, 6) is -0.443. The zero-order valence-corrected chi connectivity index (χ0v) is 31.4. The summed E-state index contributed by atoms with van der Waals surface area (Å²) in [6.45, 7) is 15.6. The fourth-order valence-corrected chi connectivity index (χ4v) is 8.99. The van der Waals surface area contributed by atoms with Crippen molar-refractivity contribution in [1.29, 1.82) is 0 Å². The molecule has 16 heteroatoms. The minimum absolute atomic E-state index is 0.109. The molecule has 0 aliphatic carbocycles. The maximum atomic E-state index is 12.1. The number of esters is 1. The highest BCUT2D eigenvalue weighted by atomic mass is 32.1. The number of thiazole rings is 4. The van der Waals surface area contributed by atoms with E-state index < -0.39 is 20.4 Å². The van der Waals surface area contributed by atoms with E-state index in [1.165, 1.54) is 34.0 Å². The van der Waals surface area contributed by atoms with Gasteiger partial charge >= 0.3 is 12.1 Å².